The highest BCUT2D eigenvalue weighted by Crippen LogP contribution is 2.13. The van der Waals surface area contributed by atoms with Gasteiger partial charge in [-0.1, -0.05) is 12.1 Å². The Kier molecular flexibility index (Phi) is 8.83. The molecule has 1 aliphatic heterocycles. The number of thiocarbonyl (C=S) groups is 1. The third-order valence-electron chi connectivity index (χ3n) is 4.24. The molecule has 0 bridgehead atoms. The Morgan fingerprint density at radius 3 is 2.81 bits per heavy atom. The molecular weight excluding hydrogens is 348 g/mol. The number of rotatable bonds is 8. The number of ether oxygens (including phenoxy) is 1. The van der Waals surface area contributed by atoms with Crippen LogP contribution in [0.3, 0.4) is 0 Å². The van der Waals surface area contributed by atoms with Gasteiger partial charge in [-0.25, -0.2) is 0 Å². The highest BCUT2D eigenvalue weighted by Gasteiger charge is 2.12. The zero-order valence-corrected chi connectivity index (χ0v) is 16.0. The van der Waals surface area contributed by atoms with E-state index in [0.717, 1.165) is 57.2 Å². The summed E-state index contributed by atoms with van der Waals surface area (Å²) in [6.07, 6.45) is 2.25. The van der Waals surface area contributed by atoms with Crippen molar-refractivity contribution in [1.82, 2.24) is 10.7 Å². The fraction of sp³-hybridized carbons (Fsp3) is 0.500. The van der Waals surface area contributed by atoms with Gasteiger partial charge in [-0.15, -0.1) is 0 Å². The van der Waals surface area contributed by atoms with Gasteiger partial charge < -0.3 is 19.9 Å². The van der Waals surface area contributed by atoms with E-state index in [1.165, 1.54) is 4.90 Å². The topological polar surface area (TPSA) is 77.1 Å². The second-order valence-electron chi connectivity index (χ2n) is 6.16. The first-order valence-corrected chi connectivity index (χ1v) is 9.26. The van der Waals surface area contributed by atoms with Crippen molar-refractivity contribution in [2.75, 3.05) is 57.9 Å². The summed E-state index contributed by atoms with van der Waals surface area (Å²) in [6, 6.07) is 10.2. The summed E-state index contributed by atoms with van der Waals surface area (Å²) >= 11 is 5.23. The van der Waals surface area contributed by atoms with Gasteiger partial charge in [-0.2, -0.15) is 10.4 Å². The summed E-state index contributed by atoms with van der Waals surface area (Å²) in [5, 5.41) is 16.5. The van der Waals surface area contributed by atoms with Gasteiger partial charge in [-0.05, 0) is 29.9 Å². The first-order valence-electron chi connectivity index (χ1n) is 8.85. The van der Waals surface area contributed by atoms with Crippen LogP contribution < -0.4 is 20.5 Å². The second kappa shape index (κ2) is 11.4. The fourth-order valence-electron chi connectivity index (χ4n) is 2.63. The lowest BCUT2D eigenvalue weighted by Gasteiger charge is -2.23. The van der Waals surface area contributed by atoms with E-state index in [1.807, 2.05) is 31.3 Å². The molecule has 8 heteroatoms. The van der Waals surface area contributed by atoms with Crippen molar-refractivity contribution in [1.29, 1.82) is 5.26 Å². The van der Waals surface area contributed by atoms with Crippen molar-refractivity contribution in [2.24, 2.45) is 5.10 Å². The minimum absolute atomic E-state index is 0.515. The average Bonchev–Trinajstić information content (AvgIpc) is 2.67. The predicted molar refractivity (Wildman–Crippen MR) is 108 cm³/mol. The van der Waals surface area contributed by atoms with E-state index in [0.29, 0.717) is 11.5 Å². The molecule has 1 aromatic rings. The van der Waals surface area contributed by atoms with Crippen LogP contribution in [0.1, 0.15) is 12.0 Å². The Labute approximate surface area is 160 Å². The number of nitriles is 1. The lowest BCUT2D eigenvalue weighted by atomic mass is 10.2. The number of hydrogen-bond donors (Lipinski definition) is 3. The molecule has 3 N–H and O–H groups in total. The summed E-state index contributed by atoms with van der Waals surface area (Å²) in [7, 11) is 1.98. The van der Waals surface area contributed by atoms with Crippen molar-refractivity contribution < 1.29 is 9.64 Å². The molecule has 0 saturated carbocycles. The highest BCUT2D eigenvalue weighted by molar-refractivity contribution is 7.80. The predicted octanol–water partition coefficient (Wildman–Crippen LogP) is -0.250. The molecule has 2 rings (SSSR count). The van der Waals surface area contributed by atoms with Crippen LogP contribution in [0, 0.1) is 11.3 Å². The van der Waals surface area contributed by atoms with Crippen LogP contribution in [0.15, 0.2) is 29.4 Å². The van der Waals surface area contributed by atoms with Gasteiger partial charge in [0.25, 0.3) is 0 Å². The summed E-state index contributed by atoms with van der Waals surface area (Å²) in [6.45, 7) is 6.36. The highest BCUT2D eigenvalue weighted by atomic mass is 32.1. The monoisotopic (exact) mass is 375 g/mol. The molecule has 1 saturated heterocycles. The molecule has 0 spiro atoms. The van der Waals surface area contributed by atoms with Crippen LogP contribution in [0.2, 0.25) is 0 Å². The van der Waals surface area contributed by atoms with Crippen molar-refractivity contribution in [3.05, 3.63) is 29.8 Å². The van der Waals surface area contributed by atoms with Gasteiger partial charge in [0.05, 0.1) is 45.0 Å². The van der Waals surface area contributed by atoms with Crippen molar-refractivity contribution in [3.63, 3.8) is 0 Å². The van der Waals surface area contributed by atoms with Gasteiger partial charge >= 0.3 is 0 Å². The number of morpholine rings is 1. The van der Waals surface area contributed by atoms with Gasteiger partial charge in [-0.3, -0.25) is 5.43 Å². The van der Waals surface area contributed by atoms with Crippen LogP contribution in [-0.2, 0) is 4.74 Å². The zero-order chi connectivity index (χ0) is 18.6. The smallest absolute Gasteiger partial charge is 0.187 e. The number of nitrogens with zero attached hydrogens (tertiary/aromatic N) is 3. The van der Waals surface area contributed by atoms with E-state index in [4.69, 9.17) is 22.2 Å². The SMILES string of the molecule is CN(CCC#N)c1ccc(/C=N\NC(=S)NCC[NH+]2CCOCC2)cc1. The standard InChI is InChI=1S/C18H26N6OS/c1-23(9-2-7-19)17-5-3-16(4-6-17)15-21-22-18(26)20-8-10-24-11-13-25-14-12-24/h3-6,15H,2,8-14H2,1H3,(H2,20,22,26)/p+1/b21-15-. The first kappa shape index (κ1) is 20.1. The minimum atomic E-state index is 0.515. The summed E-state index contributed by atoms with van der Waals surface area (Å²) < 4.78 is 5.35. The number of hydrazone groups is 1. The molecule has 0 aliphatic carbocycles. The molecule has 0 radical (unpaired) electrons. The maximum Gasteiger partial charge on any atom is 0.187 e. The fourth-order valence-corrected chi connectivity index (χ4v) is 2.78. The summed E-state index contributed by atoms with van der Waals surface area (Å²) in [5.41, 5.74) is 4.90. The van der Waals surface area contributed by atoms with Crippen molar-refractivity contribution in [3.8, 4) is 6.07 Å². The van der Waals surface area contributed by atoms with Gasteiger partial charge in [0.15, 0.2) is 5.11 Å². The van der Waals surface area contributed by atoms with Crippen LogP contribution in [0.25, 0.3) is 0 Å². The van der Waals surface area contributed by atoms with Gasteiger partial charge in [0.2, 0.25) is 0 Å². The van der Waals surface area contributed by atoms with Gasteiger partial charge in [0.1, 0.15) is 13.1 Å². The third kappa shape index (κ3) is 7.35. The third-order valence-corrected chi connectivity index (χ3v) is 4.47. The second-order valence-corrected chi connectivity index (χ2v) is 6.57. The van der Waals surface area contributed by atoms with E-state index >= 15 is 0 Å². The maximum absolute atomic E-state index is 8.65. The minimum Gasteiger partial charge on any atom is -0.374 e. The van der Waals surface area contributed by atoms with E-state index in [2.05, 4.69) is 26.8 Å². The van der Waals surface area contributed by atoms with Crippen LogP contribution in [0.4, 0.5) is 5.69 Å². The zero-order valence-electron chi connectivity index (χ0n) is 15.2. The molecule has 7 nitrogen and oxygen atoms in total. The molecule has 26 heavy (non-hydrogen) atoms. The van der Waals surface area contributed by atoms with Crippen LogP contribution in [0.5, 0.6) is 0 Å². The van der Waals surface area contributed by atoms with E-state index in [-0.39, 0.29) is 0 Å². The Hall–Kier alpha value is -2.21. The Morgan fingerprint density at radius 2 is 2.12 bits per heavy atom. The lowest BCUT2D eigenvalue weighted by Crippen LogP contribution is -3.14. The molecule has 140 valence electrons. The number of nitrogens with one attached hydrogen (secondary N) is 3. The summed E-state index contributed by atoms with van der Waals surface area (Å²) in [4.78, 5) is 3.59. The number of hydrogen-bond acceptors (Lipinski definition) is 5. The molecule has 1 fully saturated rings. The molecule has 0 unspecified atom stereocenters. The molecule has 0 aromatic heterocycles. The average molecular weight is 376 g/mol. The molecular formula is C18H27N6OS+. The molecule has 0 amide bonds. The largest absolute Gasteiger partial charge is 0.374 e. The van der Waals surface area contributed by atoms with Crippen molar-refractivity contribution >= 4 is 29.2 Å². The first-order chi connectivity index (χ1) is 12.7. The maximum atomic E-state index is 8.65. The van der Waals surface area contributed by atoms with Crippen molar-refractivity contribution in [2.45, 2.75) is 6.42 Å². The summed E-state index contributed by atoms with van der Waals surface area (Å²) in [5.74, 6) is 0. The quantitative estimate of drug-likeness (QED) is 0.330. The number of benzene rings is 1. The van der Waals surface area contributed by atoms with E-state index in [1.54, 1.807) is 6.21 Å². The van der Waals surface area contributed by atoms with Gasteiger partial charge in [0, 0.05) is 19.3 Å². The lowest BCUT2D eigenvalue weighted by molar-refractivity contribution is -0.906. The Balaban J connectivity index is 1.67. The molecule has 1 aromatic carbocycles. The van der Waals surface area contributed by atoms with E-state index in [9.17, 15) is 0 Å². The van der Waals surface area contributed by atoms with Crippen LogP contribution in [-0.4, -0.2) is 64.3 Å². The number of anilines is 1. The molecule has 1 aliphatic rings. The molecule has 1 heterocycles. The molecule has 0 atom stereocenters. The van der Waals surface area contributed by atoms with Crippen LogP contribution >= 0.6 is 12.2 Å². The Bertz CT molecular complexity index is 622. The number of quaternary nitrogens is 1. The Morgan fingerprint density at radius 1 is 1.38 bits per heavy atom. The van der Waals surface area contributed by atoms with E-state index < -0.39 is 0 Å². The normalized spacial score (nSPS) is 14.8.